The third kappa shape index (κ3) is 4.26. The lowest BCUT2D eigenvalue weighted by atomic mass is 9.97. The van der Waals surface area contributed by atoms with Crippen LogP contribution in [0.5, 0.6) is 5.75 Å². The van der Waals surface area contributed by atoms with Crippen molar-refractivity contribution >= 4 is 28.3 Å². The second-order valence-electron chi connectivity index (χ2n) is 4.81. The fraction of sp³-hybridized carbons (Fsp3) is 0.538. The van der Waals surface area contributed by atoms with E-state index in [-0.39, 0.29) is 23.7 Å². The molecule has 8 heteroatoms. The Balaban J connectivity index is 0.00000220. The van der Waals surface area contributed by atoms with E-state index in [1.165, 1.54) is 12.1 Å². The molecule has 0 saturated carbocycles. The van der Waals surface area contributed by atoms with Crippen LogP contribution in [0.1, 0.15) is 11.6 Å². The lowest BCUT2D eigenvalue weighted by Crippen LogP contribution is -2.51. The molecule has 0 aliphatic carbocycles. The molecule has 1 saturated heterocycles. The van der Waals surface area contributed by atoms with Crippen LogP contribution < -0.4 is 5.32 Å². The Morgan fingerprint density at radius 3 is 2.52 bits per heavy atom. The number of phenols is 1. The van der Waals surface area contributed by atoms with Crippen LogP contribution in [0.15, 0.2) is 22.7 Å². The number of phenolic OH excluding ortho intramolecular Hbond substituents is 1. The number of aliphatic hydroxyl groups is 1. The Bertz CT molecular complexity index is 473. The van der Waals surface area contributed by atoms with Gasteiger partial charge in [0.2, 0.25) is 0 Å². The number of halogens is 4. The first kappa shape index (κ1) is 18.6. The SMILES string of the molecule is Cl.OCC(F)(F)[C@@H](c1cc(Br)ccc1O)N1CCNCC1. The number of alkyl halides is 2. The zero-order valence-electron chi connectivity index (χ0n) is 11.2. The summed E-state index contributed by atoms with van der Waals surface area (Å²) in [5.41, 5.74) is 0.125. The van der Waals surface area contributed by atoms with Crippen LogP contribution in [0.3, 0.4) is 0 Å². The minimum Gasteiger partial charge on any atom is -0.508 e. The van der Waals surface area contributed by atoms with Crippen LogP contribution >= 0.6 is 28.3 Å². The maximum atomic E-state index is 14.2. The van der Waals surface area contributed by atoms with Gasteiger partial charge in [-0.3, -0.25) is 4.90 Å². The number of piperazine rings is 1. The Morgan fingerprint density at radius 2 is 1.95 bits per heavy atom. The Labute approximate surface area is 136 Å². The molecular weight excluding hydrogens is 370 g/mol. The first-order chi connectivity index (χ1) is 9.45. The van der Waals surface area contributed by atoms with Crippen LogP contribution in [0.4, 0.5) is 8.78 Å². The quantitative estimate of drug-likeness (QED) is 0.741. The summed E-state index contributed by atoms with van der Waals surface area (Å²) < 4.78 is 28.9. The second-order valence-corrected chi connectivity index (χ2v) is 5.73. The molecule has 2 rings (SSSR count). The summed E-state index contributed by atoms with van der Waals surface area (Å²) in [6.45, 7) is 0.825. The standard InChI is InChI=1S/C13H17BrF2N2O2.ClH/c14-9-1-2-11(20)10(7-9)12(13(15,16)8-19)18-5-3-17-4-6-18;/h1-2,7,12,17,19-20H,3-6,8H2;1H/t12-;/m1./s1. The van der Waals surface area contributed by atoms with E-state index >= 15 is 0 Å². The zero-order valence-corrected chi connectivity index (χ0v) is 13.6. The van der Waals surface area contributed by atoms with Crippen molar-refractivity contribution in [3.05, 3.63) is 28.2 Å². The van der Waals surface area contributed by atoms with Gasteiger partial charge in [0, 0.05) is 36.2 Å². The zero-order chi connectivity index (χ0) is 14.8. The number of hydrogen-bond donors (Lipinski definition) is 3. The van der Waals surface area contributed by atoms with Crippen LogP contribution in [-0.2, 0) is 0 Å². The molecule has 1 aromatic rings. The van der Waals surface area contributed by atoms with Gasteiger partial charge in [0.15, 0.2) is 0 Å². The third-order valence-corrected chi connectivity index (χ3v) is 3.91. The van der Waals surface area contributed by atoms with Gasteiger partial charge in [-0.2, -0.15) is 0 Å². The molecule has 0 radical (unpaired) electrons. The number of benzene rings is 1. The summed E-state index contributed by atoms with van der Waals surface area (Å²) in [4.78, 5) is 1.59. The van der Waals surface area contributed by atoms with E-state index in [1.807, 2.05) is 0 Å². The van der Waals surface area contributed by atoms with Crippen molar-refractivity contribution in [1.82, 2.24) is 10.2 Å². The third-order valence-electron chi connectivity index (χ3n) is 3.41. The average molecular weight is 388 g/mol. The minimum absolute atomic E-state index is 0. The molecule has 0 bridgehead atoms. The van der Waals surface area contributed by atoms with E-state index in [1.54, 1.807) is 11.0 Å². The number of nitrogens with zero attached hydrogens (tertiary/aromatic N) is 1. The Kier molecular flexibility index (Phi) is 6.80. The number of hydrogen-bond acceptors (Lipinski definition) is 4. The fourth-order valence-electron chi connectivity index (χ4n) is 2.46. The molecule has 120 valence electrons. The predicted octanol–water partition coefficient (Wildman–Crippen LogP) is 2.15. The molecule has 4 nitrogen and oxygen atoms in total. The van der Waals surface area contributed by atoms with Gasteiger partial charge in [-0.1, -0.05) is 15.9 Å². The number of rotatable bonds is 4. The molecule has 0 unspecified atom stereocenters. The first-order valence-corrected chi connectivity index (χ1v) is 7.17. The summed E-state index contributed by atoms with van der Waals surface area (Å²) in [5, 5.41) is 22.0. The van der Waals surface area contributed by atoms with Crippen molar-refractivity contribution < 1.29 is 19.0 Å². The van der Waals surface area contributed by atoms with E-state index in [9.17, 15) is 13.9 Å². The average Bonchev–Trinajstić information content (AvgIpc) is 2.44. The molecule has 1 heterocycles. The monoisotopic (exact) mass is 386 g/mol. The predicted molar refractivity (Wildman–Crippen MR) is 82.3 cm³/mol. The molecule has 0 amide bonds. The van der Waals surface area contributed by atoms with Crippen LogP contribution in [0.2, 0.25) is 0 Å². The van der Waals surface area contributed by atoms with Gasteiger partial charge < -0.3 is 15.5 Å². The van der Waals surface area contributed by atoms with Crippen molar-refractivity contribution in [3.8, 4) is 5.75 Å². The highest BCUT2D eigenvalue weighted by atomic mass is 79.9. The van der Waals surface area contributed by atoms with Crippen LogP contribution in [-0.4, -0.2) is 53.8 Å². The number of aliphatic hydroxyl groups excluding tert-OH is 1. The van der Waals surface area contributed by atoms with Crippen molar-refractivity contribution in [2.45, 2.75) is 12.0 Å². The van der Waals surface area contributed by atoms with Crippen molar-refractivity contribution in [2.75, 3.05) is 32.8 Å². The summed E-state index contributed by atoms with van der Waals surface area (Å²) >= 11 is 3.23. The van der Waals surface area contributed by atoms with Crippen LogP contribution in [0, 0.1) is 0 Å². The van der Waals surface area contributed by atoms with Crippen molar-refractivity contribution in [3.63, 3.8) is 0 Å². The molecule has 3 N–H and O–H groups in total. The summed E-state index contributed by atoms with van der Waals surface area (Å²) in [6.07, 6.45) is 0. The smallest absolute Gasteiger partial charge is 0.290 e. The van der Waals surface area contributed by atoms with Gasteiger partial charge >= 0.3 is 0 Å². The fourth-order valence-corrected chi connectivity index (χ4v) is 2.84. The molecule has 0 spiro atoms. The van der Waals surface area contributed by atoms with E-state index < -0.39 is 18.6 Å². The topological polar surface area (TPSA) is 55.7 Å². The number of aromatic hydroxyl groups is 1. The lowest BCUT2D eigenvalue weighted by molar-refractivity contribution is -0.119. The normalized spacial score (nSPS) is 18.1. The summed E-state index contributed by atoms with van der Waals surface area (Å²) in [6, 6.07) is 3.10. The van der Waals surface area contributed by atoms with E-state index in [0.717, 1.165) is 0 Å². The van der Waals surface area contributed by atoms with Gasteiger partial charge in [0.25, 0.3) is 5.92 Å². The van der Waals surface area contributed by atoms with Gasteiger partial charge in [-0.15, -0.1) is 12.4 Å². The largest absolute Gasteiger partial charge is 0.508 e. The molecule has 0 aromatic heterocycles. The van der Waals surface area contributed by atoms with Crippen molar-refractivity contribution in [1.29, 1.82) is 0 Å². The molecule has 1 fully saturated rings. The molecule has 21 heavy (non-hydrogen) atoms. The van der Waals surface area contributed by atoms with E-state index in [4.69, 9.17) is 5.11 Å². The van der Waals surface area contributed by atoms with Gasteiger partial charge in [0.1, 0.15) is 18.4 Å². The minimum atomic E-state index is -3.32. The molecule has 1 aromatic carbocycles. The molecule has 1 atom stereocenters. The van der Waals surface area contributed by atoms with E-state index in [2.05, 4.69) is 21.2 Å². The van der Waals surface area contributed by atoms with Crippen molar-refractivity contribution in [2.24, 2.45) is 0 Å². The van der Waals surface area contributed by atoms with Gasteiger partial charge in [0.05, 0.1) is 0 Å². The first-order valence-electron chi connectivity index (χ1n) is 6.37. The van der Waals surface area contributed by atoms with Gasteiger partial charge in [-0.25, -0.2) is 8.78 Å². The molecule has 1 aliphatic rings. The summed E-state index contributed by atoms with van der Waals surface area (Å²) in [7, 11) is 0. The lowest BCUT2D eigenvalue weighted by Gasteiger charge is -2.39. The second kappa shape index (κ2) is 7.69. The highest BCUT2D eigenvalue weighted by Crippen LogP contribution is 2.41. The molecule has 1 aliphatic heterocycles. The number of nitrogens with one attached hydrogen (secondary N) is 1. The van der Waals surface area contributed by atoms with Gasteiger partial charge in [-0.05, 0) is 18.2 Å². The molecular formula is C13H18BrClF2N2O2. The maximum absolute atomic E-state index is 14.2. The van der Waals surface area contributed by atoms with E-state index in [0.29, 0.717) is 30.7 Å². The summed E-state index contributed by atoms with van der Waals surface area (Å²) in [5.74, 6) is -3.51. The highest BCUT2D eigenvalue weighted by Gasteiger charge is 2.45. The highest BCUT2D eigenvalue weighted by molar-refractivity contribution is 9.10. The van der Waals surface area contributed by atoms with Crippen LogP contribution in [0.25, 0.3) is 0 Å². The Morgan fingerprint density at radius 1 is 1.33 bits per heavy atom. The maximum Gasteiger partial charge on any atom is 0.290 e. The Hall–Kier alpha value is -0.470.